The summed E-state index contributed by atoms with van der Waals surface area (Å²) >= 11 is 3.60. The predicted molar refractivity (Wildman–Crippen MR) is 86.0 cm³/mol. The van der Waals surface area contributed by atoms with Crippen molar-refractivity contribution >= 4 is 15.9 Å². The molecule has 0 spiro atoms. The van der Waals surface area contributed by atoms with E-state index in [-0.39, 0.29) is 0 Å². The Morgan fingerprint density at radius 2 is 2.15 bits per heavy atom. The first kappa shape index (κ1) is 13.3. The monoisotopic (exact) mass is 334 g/mol. The molecule has 0 aromatic heterocycles. The van der Waals surface area contributed by atoms with Crippen molar-refractivity contribution in [3.63, 3.8) is 0 Å². The summed E-state index contributed by atoms with van der Waals surface area (Å²) in [5, 5.41) is 3.57. The zero-order chi connectivity index (χ0) is 13.7. The molecular formula is C17H23BrN2. The Morgan fingerprint density at radius 1 is 1.25 bits per heavy atom. The first-order valence-electron chi connectivity index (χ1n) is 7.96. The largest absolute Gasteiger partial charge is 0.316 e. The van der Waals surface area contributed by atoms with Crippen LogP contribution in [-0.2, 0) is 12.8 Å². The van der Waals surface area contributed by atoms with Gasteiger partial charge in [-0.1, -0.05) is 22.0 Å². The molecule has 1 N–H and O–H groups in total. The molecule has 2 nitrogen and oxygen atoms in total. The van der Waals surface area contributed by atoms with Gasteiger partial charge in [0.25, 0.3) is 0 Å². The van der Waals surface area contributed by atoms with E-state index in [1.807, 2.05) is 0 Å². The SMILES string of the molecule is CC1C2CNCC2CN1C1CCc2cc(Br)ccc2C1. The van der Waals surface area contributed by atoms with Crippen LogP contribution in [0.2, 0.25) is 0 Å². The fourth-order valence-electron chi connectivity index (χ4n) is 4.67. The van der Waals surface area contributed by atoms with Gasteiger partial charge < -0.3 is 5.32 Å². The number of halogens is 1. The van der Waals surface area contributed by atoms with Crippen LogP contribution < -0.4 is 5.32 Å². The molecule has 2 fully saturated rings. The number of nitrogens with one attached hydrogen (secondary N) is 1. The van der Waals surface area contributed by atoms with Crippen LogP contribution in [0.5, 0.6) is 0 Å². The van der Waals surface area contributed by atoms with Crippen LogP contribution >= 0.6 is 15.9 Å². The van der Waals surface area contributed by atoms with E-state index in [0.717, 1.165) is 23.9 Å². The zero-order valence-corrected chi connectivity index (χ0v) is 13.7. The lowest BCUT2D eigenvalue weighted by molar-refractivity contribution is 0.155. The molecule has 1 aromatic carbocycles. The van der Waals surface area contributed by atoms with Gasteiger partial charge in [0.2, 0.25) is 0 Å². The van der Waals surface area contributed by atoms with E-state index in [9.17, 15) is 0 Å². The Bertz CT molecular complexity index is 516. The van der Waals surface area contributed by atoms with Crippen molar-refractivity contribution < 1.29 is 0 Å². The van der Waals surface area contributed by atoms with Crippen LogP contribution in [0.25, 0.3) is 0 Å². The summed E-state index contributed by atoms with van der Waals surface area (Å²) in [6.45, 7) is 6.24. The fourth-order valence-corrected chi connectivity index (χ4v) is 5.08. The summed E-state index contributed by atoms with van der Waals surface area (Å²) in [4.78, 5) is 2.82. The number of fused-ring (bicyclic) bond motifs is 2. The van der Waals surface area contributed by atoms with Crippen molar-refractivity contribution in [3.8, 4) is 0 Å². The summed E-state index contributed by atoms with van der Waals surface area (Å²) in [5.41, 5.74) is 3.14. The van der Waals surface area contributed by atoms with E-state index in [1.54, 1.807) is 11.1 Å². The average Bonchev–Trinajstić information content (AvgIpc) is 3.02. The van der Waals surface area contributed by atoms with Crippen LogP contribution in [0.4, 0.5) is 0 Å². The van der Waals surface area contributed by atoms with E-state index in [2.05, 4.69) is 51.3 Å². The molecule has 1 aliphatic carbocycles. The third-order valence-electron chi connectivity index (χ3n) is 5.82. The summed E-state index contributed by atoms with van der Waals surface area (Å²) in [5.74, 6) is 1.79. The number of likely N-dealkylation sites (tertiary alicyclic amines) is 1. The van der Waals surface area contributed by atoms with Gasteiger partial charge in [-0.25, -0.2) is 0 Å². The van der Waals surface area contributed by atoms with Crippen molar-refractivity contribution in [2.24, 2.45) is 11.8 Å². The lowest BCUT2D eigenvalue weighted by atomic mass is 9.87. The molecule has 0 bridgehead atoms. The number of nitrogens with zero attached hydrogens (tertiary/aromatic N) is 1. The number of rotatable bonds is 1. The molecule has 2 heterocycles. The molecule has 4 unspecified atom stereocenters. The Morgan fingerprint density at radius 3 is 3.00 bits per heavy atom. The minimum atomic E-state index is 0.761. The second-order valence-electron chi connectivity index (χ2n) is 6.83. The van der Waals surface area contributed by atoms with E-state index in [1.165, 1.54) is 43.4 Å². The maximum atomic E-state index is 3.60. The van der Waals surface area contributed by atoms with E-state index < -0.39 is 0 Å². The second-order valence-corrected chi connectivity index (χ2v) is 7.74. The fraction of sp³-hybridized carbons (Fsp3) is 0.647. The van der Waals surface area contributed by atoms with Crippen LogP contribution in [0.15, 0.2) is 22.7 Å². The van der Waals surface area contributed by atoms with E-state index in [4.69, 9.17) is 0 Å². The molecule has 3 aliphatic rings. The minimum Gasteiger partial charge on any atom is -0.316 e. The molecule has 2 saturated heterocycles. The third-order valence-corrected chi connectivity index (χ3v) is 6.31. The zero-order valence-electron chi connectivity index (χ0n) is 12.1. The molecule has 0 radical (unpaired) electrons. The van der Waals surface area contributed by atoms with Crippen molar-refractivity contribution in [2.75, 3.05) is 19.6 Å². The van der Waals surface area contributed by atoms with Crippen LogP contribution in [0, 0.1) is 11.8 Å². The Labute approximate surface area is 130 Å². The lowest BCUT2D eigenvalue weighted by Gasteiger charge is -2.36. The minimum absolute atomic E-state index is 0.761. The standard InChI is InChI=1S/C17H23BrN2/c1-11-17-9-19-8-14(17)10-20(11)16-5-3-12-6-15(18)4-2-13(12)7-16/h2,4,6,11,14,16-17,19H,3,5,7-10H2,1H3. The van der Waals surface area contributed by atoms with Crippen LogP contribution in [0.3, 0.4) is 0 Å². The molecule has 0 amide bonds. The molecule has 2 aliphatic heterocycles. The van der Waals surface area contributed by atoms with Gasteiger partial charge in [-0.3, -0.25) is 4.90 Å². The van der Waals surface area contributed by atoms with Crippen molar-refractivity contribution in [2.45, 2.75) is 38.3 Å². The third kappa shape index (κ3) is 2.15. The van der Waals surface area contributed by atoms with E-state index >= 15 is 0 Å². The van der Waals surface area contributed by atoms with Gasteiger partial charge >= 0.3 is 0 Å². The van der Waals surface area contributed by atoms with Crippen molar-refractivity contribution in [1.29, 1.82) is 0 Å². The normalized spacial score (nSPS) is 36.9. The van der Waals surface area contributed by atoms with Gasteiger partial charge in [-0.2, -0.15) is 0 Å². The molecule has 0 saturated carbocycles. The highest BCUT2D eigenvalue weighted by Crippen LogP contribution is 2.37. The highest BCUT2D eigenvalue weighted by Gasteiger charge is 2.44. The number of hydrogen-bond acceptors (Lipinski definition) is 2. The second kappa shape index (κ2) is 5.11. The van der Waals surface area contributed by atoms with Gasteiger partial charge in [0.05, 0.1) is 0 Å². The topological polar surface area (TPSA) is 15.3 Å². The number of hydrogen-bond donors (Lipinski definition) is 1. The summed E-state index contributed by atoms with van der Waals surface area (Å²) < 4.78 is 1.23. The van der Waals surface area contributed by atoms with Gasteiger partial charge in [-0.15, -0.1) is 0 Å². The highest BCUT2D eigenvalue weighted by molar-refractivity contribution is 9.10. The van der Waals surface area contributed by atoms with Crippen molar-refractivity contribution in [3.05, 3.63) is 33.8 Å². The molecule has 108 valence electrons. The smallest absolute Gasteiger partial charge is 0.0178 e. The predicted octanol–water partition coefficient (Wildman–Crippen LogP) is 2.85. The lowest BCUT2D eigenvalue weighted by Crippen LogP contribution is -2.43. The maximum absolute atomic E-state index is 3.60. The number of aryl methyl sites for hydroxylation is 1. The van der Waals surface area contributed by atoms with Gasteiger partial charge in [-0.05, 0) is 74.4 Å². The molecule has 4 rings (SSSR count). The van der Waals surface area contributed by atoms with Gasteiger partial charge in [0, 0.05) is 23.1 Å². The molecular weight excluding hydrogens is 312 g/mol. The summed E-state index contributed by atoms with van der Waals surface area (Å²) in [6, 6.07) is 8.38. The molecule has 1 aromatic rings. The Balaban J connectivity index is 1.52. The van der Waals surface area contributed by atoms with Gasteiger partial charge in [0.15, 0.2) is 0 Å². The quantitative estimate of drug-likeness (QED) is 0.849. The average molecular weight is 335 g/mol. The molecule has 3 heteroatoms. The Hall–Kier alpha value is -0.380. The molecule has 20 heavy (non-hydrogen) atoms. The van der Waals surface area contributed by atoms with Gasteiger partial charge in [0.1, 0.15) is 0 Å². The summed E-state index contributed by atoms with van der Waals surface area (Å²) in [6.07, 6.45) is 3.83. The van der Waals surface area contributed by atoms with E-state index in [0.29, 0.717) is 0 Å². The summed E-state index contributed by atoms with van der Waals surface area (Å²) in [7, 11) is 0. The first-order chi connectivity index (χ1) is 9.72. The van der Waals surface area contributed by atoms with Crippen molar-refractivity contribution in [1.82, 2.24) is 10.2 Å². The van der Waals surface area contributed by atoms with Crippen LogP contribution in [0.1, 0.15) is 24.5 Å². The highest BCUT2D eigenvalue weighted by atomic mass is 79.9. The van der Waals surface area contributed by atoms with Crippen LogP contribution in [-0.4, -0.2) is 36.6 Å². The molecule has 4 atom stereocenters. The number of benzene rings is 1. The maximum Gasteiger partial charge on any atom is 0.0178 e. The Kier molecular flexibility index (Phi) is 3.40. The first-order valence-corrected chi connectivity index (χ1v) is 8.75.